The van der Waals surface area contributed by atoms with Gasteiger partial charge in [-0.25, -0.2) is 19.2 Å². The standard InChI is InChI=1S/C19H17BrN8/c1-12-17(20)13(2)26(24-12)9-8-16-23-19-15-10-22-28(14-6-4-3-5-7-14)18(15)21-11-27(19)25-16/h3-7,10-11H,8-9H2,1-2H3. The lowest BCUT2D eigenvalue weighted by molar-refractivity contribution is 0.581. The molecule has 4 heterocycles. The van der Waals surface area contributed by atoms with E-state index in [0.29, 0.717) is 6.42 Å². The number of aryl methyl sites for hydroxylation is 3. The molecular formula is C19H17BrN8. The predicted octanol–water partition coefficient (Wildman–Crippen LogP) is 3.28. The summed E-state index contributed by atoms with van der Waals surface area (Å²) in [6.45, 7) is 4.76. The minimum atomic E-state index is 0.685. The van der Waals surface area contributed by atoms with Crippen molar-refractivity contribution in [3.05, 3.63) is 64.5 Å². The molecule has 5 aromatic rings. The second-order valence-corrected chi connectivity index (χ2v) is 7.42. The van der Waals surface area contributed by atoms with Crippen LogP contribution in [0.5, 0.6) is 0 Å². The number of aromatic nitrogens is 8. The summed E-state index contributed by atoms with van der Waals surface area (Å²) in [4.78, 5) is 9.27. The summed E-state index contributed by atoms with van der Waals surface area (Å²) in [6.07, 6.45) is 4.17. The molecule has 0 unspecified atom stereocenters. The summed E-state index contributed by atoms with van der Waals surface area (Å²) in [5.41, 5.74) is 4.58. The first-order valence-corrected chi connectivity index (χ1v) is 9.74. The Labute approximate surface area is 169 Å². The average molecular weight is 437 g/mol. The third-order valence-electron chi connectivity index (χ3n) is 4.79. The van der Waals surface area contributed by atoms with E-state index < -0.39 is 0 Å². The first-order valence-electron chi connectivity index (χ1n) is 8.95. The number of nitrogens with zero attached hydrogens (tertiary/aromatic N) is 8. The van der Waals surface area contributed by atoms with Crippen molar-refractivity contribution in [1.82, 2.24) is 39.1 Å². The molecule has 0 saturated carbocycles. The van der Waals surface area contributed by atoms with E-state index in [2.05, 4.69) is 36.2 Å². The lowest BCUT2D eigenvalue weighted by Crippen LogP contribution is -2.06. The fourth-order valence-corrected chi connectivity index (χ4v) is 3.61. The number of para-hydroxylation sites is 1. The number of benzene rings is 1. The van der Waals surface area contributed by atoms with Gasteiger partial charge in [-0.15, -0.1) is 5.10 Å². The number of halogens is 1. The molecule has 0 saturated heterocycles. The van der Waals surface area contributed by atoms with E-state index in [0.717, 1.165) is 50.6 Å². The van der Waals surface area contributed by atoms with Crippen LogP contribution in [0.25, 0.3) is 22.4 Å². The quantitative estimate of drug-likeness (QED) is 0.431. The van der Waals surface area contributed by atoms with Gasteiger partial charge in [0.15, 0.2) is 17.1 Å². The van der Waals surface area contributed by atoms with Gasteiger partial charge < -0.3 is 0 Å². The molecule has 0 atom stereocenters. The van der Waals surface area contributed by atoms with Crippen LogP contribution in [0.2, 0.25) is 0 Å². The zero-order valence-corrected chi connectivity index (χ0v) is 17.0. The van der Waals surface area contributed by atoms with Gasteiger partial charge in [-0.2, -0.15) is 10.2 Å². The van der Waals surface area contributed by atoms with Gasteiger partial charge in [-0.1, -0.05) is 18.2 Å². The maximum atomic E-state index is 4.73. The molecule has 0 spiro atoms. The normalized spacial score (nSPS) is 11.7. The van der Waals surface area contributed by atoms with Crippen LogP contribution in [0, 0.1) is 13.8 Å². The van der Waals surface area contributed by atoms with Crippen LogP contribution in [-0.4, -0.2) is 39.1 Å². The third-order valence-corrected chi connectivity index (χ3v) is 5.94. The monoisotopic (exact) mass is 436 g/mol. The molecule has 0 fully saturated rings. The first kappa shape index (κ1) is 17.1. The molecule has 0 N–H and O–H groups in total. The second kappa shape index (κ2) is 6.52. The molecule has 1 aromatic carbocycles. The number of hydrogen-bond acceptors (Lipinski definition) is 5. The molecule has 0 aliphatic carbocycles. The minimum absolute atomic E-state index is 0.685. The Morgan fingerprint density at radius 3 is 2.61 bits per heavy atom. The molecule has 0 aliphatic heterocycles. The number of hydrogen-bond donors (Lipinski definition) is 0. The highest BCUT2D eigenvalue weighted by atomic mass is 79.9. The molecule has 0 bridgehead atoms. The van der Waals surface area contributed by atoms with E-state index >= 15 is 0 Å². The zero-order chi connectivity index (χ0) is 19.3. The van der Waals surface area contributed by atoms with E-state index in [-0.39, 0.29) is 0 Å². The first-order chi connectivity index (χ1) is 13.6. The smallest absolute Gasteiger partial charge is 0.170 e. The van der Waals surface area contributed by atoms with Crippen LogP contribution in [-0.2, 0) is 13.0 Å². The molecule has 8 nitrogen and oxygen atoms in total. The molecule has 5 rings (SSSR count). The third kappa shape index (κ3) is 2.70. The number of fused-ring (bicyclic) bond motifs is 3. The Kier molecular flexibility index (Phi) is 3.97. The van der Waals surface area contributed by atoms with E-state index in [1.165, 1.54) is 0 Å². The number of rotatable bonds is 4. The fraction of sp³-hybridized carbons (Fsp3) is 0.211. The molecule has 0 aliphatic rings. The van der Waals surface area contributed by atoms with Gasteiger partial charge in [0.25, 0.3) is 0 Å². The van der Waals surface area contributed by atoms with Gasteiger partial charge in [-0.05, 0) is 41.9 Å². The van der Waals surface area contributed by atoms with Crippen molar-refractivity contribution in [3.63, 3.8) is 0 Å². The molecular weight excluding hydrogens is 420 g/mol. The van der Waals surface area contributed by atoms with Gasteiger partial charge >= 0.3 is 0 Å². The van der Waals surface area contributed by atoms with Crippen molar-refractivity contribution in [2.75, 3.05) is 0 Å². The van der Waals surface area contributed by atoms with Crippen molar-refractivity contribution >= 4 is 32.6 Å². The summed E-state index contributed by atoms with van der Waals surface area (Å²) < 4.78 is 6.56. The molecule has 140 valence electrons. The summed E-state index contributed by atoms with van der Waals surface area (Å²) in [5, 5.41) is 14.5. The van der Waals surface area contributed by atoms with Gasteiger partial charge in [-0.3, -0.25) is 4.68 Å². The highest BCUT2D eigenvalue weighted by molar-refractivity contribution is 9.10. The topological polar surface area (TPSA) is 78.7 Å². The van der Waals surface area contributed by atoms with Crippen molar-refractivity contribution < 1.29 is 0 Å². The van der Waals surface area contributed by atoms with E-state index in [1.807, 2.05) is 53.5 Å². The maximum Gasteiger partial charge on any atom is 0.170 e. The molecule has 0 amide bonds. The fourth-order valence-electron chi connectivity index (χ4n) is 3.33. The Bertz CT molecular complexity index is 1300. The minimum Gasteiger partial charge on any atom is -0.268 e. The lowest BCUT2D eigenvalue weighted by atomic mass is 10.3. The zero-order valence-electron chi connectivity index (χ0n) is 15.4. The summed E-state index contributed by atoms with van der Waals surface area (Å²) >= 11 is 3.57. The Morgan fingerprint density at radius 1 is 1.04 bits per heavy atom. The van der Waals surface area contributed by atoms with E-state index in [9.17, 15) is 0 Å². The highest BCUT2D eigenvalue weighted by Crippen LogP contribution is 2.21. The van der Waals surface area contributed by atoms with Crippen LogP contribution in [0.1, 0.15) is 17.2 Å². The van der Waals surface area contributed by atoms with Crippen molar-refractivity contribution in [2.24, 2.45) is 0 Å². The summed E-state index contributed by atoms with van der Waals surface area (Å²) in [6, 6.07) is 9.94. The second-order valence-electron chi connectivity index (χ2n) is 6.63. The molecule has 9 heteroatoms. The van der Waals surface area contributed by atoms with Gasteiger partial charge in [0, 0.05) is 18.7 Å². The van der Waals surface area contributed by atoms with Crippen LogP contribution in [0.4, 0.5) is 0 Å². The largest absolute Gasteiger partial charge is 0.268 e. The van der Waals surface area contributed by atoms with Crippen LogP contribution in [0.3, 0.4) is 0 Å². The Morgan fingerprint density at radius 2 is 1.86 bits per heavy atom. The molecule has 4 aromatic heterocycles. The molecule has 0 radical (unpaired) electrons. The van der Waals surface area contributed by atoms with Gasteiger partial charge in [0.05, 0.1) is 27.4 Å². The van der Waals surface area contributed by atoms with Gasteiger partial charge in [0.2, 0.25) is 0 Å². The molecule has 28 heavy (non-hydrogen) atoms. The maximum absolute atomic E-state index is 4.73. The van der Waals surface area contributed by atoms with Crippen LogP contribution in [0.15, 0.2) is 47.3 Å². The van der Waals surface area contributed by atoms with E-state index in [4.69, 9.17) is 4.98 Å². The van der Waals surface area contributed by atoms with Gasteiger partial charge in [0.1, 0.15) is 6.33 Å². The van der Waals surface area contributed by atoms with E-state index in [1.54, 1.807) is 17.0 Å². The Hall–Kier alpha value is -3.07. The van der Waals surface area contributed by atoms with Crippen LogP contribution >= 0.6 is 15.9 Å². The predicted molar refractivity (Wildman–Crippen MR) is 109 cm³/mol. The average Bonchev–Trinajstić information content (AvgIpc) is 3.39. The summed E-state index contributed by atoms with van der Waals surface area (Å²) in [7, 11) is 0. The lowest BCUT2D eigenvalue weighted by Gasteiger charge is -2.01. The highest BCUT2D eigenvalue weighted by Gasteiger charge is 2.14. The van der Waals surface area contributed by atoms with Crippen LogP contribution < -0.4 is 0 Å². The Balaban J connectivity index is 1.50. The summed E-state index contributed by atoms with van der Waals surface area (Å²) in [5.74, 6) is 0.755. The van der Waals surface area contributed by atoms with Crippen molar-refractivity contribution in [3.8, 4) is 5.69 Å². The SMILES string of the molecule is Cc1nn(CCc2nc3c4cnn(-c5ccccc5)c4ncn3n2)c(C)c1Br. The van der Waals surface area contributed by atoms with Crippen molar-refractivity contribution in [1.29, 1.82) is 0 Å². The van der Waals surface area contributed by atoms with Crippen molar-refractivity contribution in [2.45, 2.75) is 26.8 Å².